The second-order valence-corrected chi connectivity index (χ2v) is 5.02. The lowest BCUT2D eigenvalue weighted by Gasteiger charge is -1.98. The normalized spacial score (nSPS) is 11.0. The molecule has 1 aromatic heterocycles. The molecule has 19 heavy (non-hydrogen) atoms. The summed E-state index contributed by atoms with van der Waals surface area (Å²) in [4.78, 5) is 40.3. The van der Waals surface area contributed by atoms with Crippen LogP contribution in [-0.4, -0.2) is 28.3 Å². The fraction of sp³-hybridized carbons (Fsp3) is 0.222. The molecule has 1 amide bonds. The van der Waals surface area contributed by atoms with Crippen LogP contribution in [0, 0.1) is 0 Å². The van der Waals surface area contributed by atoms with Crippen LogP contribution in [0.4, 0.5) is 5.13 Å². The number of hydrogen-bond acceptors (Lipinski definition) is 7. The molecule has 0 saturated carbocycles. The number of aromatic nitrogens is 1. The van der Waals surface area contributed by atoms with Crippen LogP contribution in [0.5, 0.6) is 0 Å². The van der Waals surface area contributed by atoms with Gasteiger partial charge in [-0.3, -0.25) is 9.59 Å². The minimum Gasteiger partial charge on any atom is -0.318 e. The summed E-state index contributed by atoms with van der Waals surface area (Å²) >= 11 is 12.2. The number of rotatable bonds is 6. The van der Waals surface area contributed by atoms with Gasteiger partial charge in [0.1, 0.15) is 10.0 Å². The summed E-state index contributed by atoms with van der Waals surface area (Å²) in [5.74, 6) is -0.692. The number of carbonyl (C=O) groups is 3. The number of nitrogens with one attached hydrogen (secondary N) is 1. The zero-order valence-electron chi connectivity index (χ0n) is 9.48. The maximum atomic E-state index is 11.1. The van der Waals surface area contributed by atoms with Crippen LogP contribution in [0.3, 0.4) is 0 Å². The van der Waals surface area contributed by atoms with E-state index in [9.17, 15) is 14.4 Å². The Bertz CT molecular complexity index is 544. The molecule has 0 spiro atoms. The highest BCUT2D eigenvalue weighted by atomic mass is 35.5. The van der Waals surface area contributed by atoms with Crippen LogP contribution in [-0.2, 0) is 25.6 Å². The Morgan fingerprint density at radius 1 is 1.58 bits per heavy atom. The number of halogens is 2. The van der Waals surface area contributed by atoms with Gasteiger partial charge in [0.25, 0.3) is 5.24 Å². The largest absolute Gasteiger partial charge is 0.331 e. The zero-order valence-corrected chi connectivity index (χ0v) is 11.8. The van der Waals surface area contributed by atoms with Crippen LogP contribution in [0.2, 0.25) is 4.34 Å². The summed E-state index contributed by atoms with van der Waals surface area (Å²) in [6.45, 7) is 1.13. The topological polar surface area (TPSA) is 97.7 Å². The molecule has 7 nitrogen and oxygen atoms in total. The van der Waals surface area contributed by atoms with Crippen molar-refractivity contribution in [3.05, 3.63) is 10.0 Å². The number of carbonyl (C=O) groups excluding carboxylic acids is 3. The summed E-state index contributed by atoms with van der Waals surface area (Å²) in [6.07, 6.45) is 0.324. The number of thiazole rings is 1. The van der Waals surface area contributed by atoms with E-state index in [0.29, 0.717) is 6.41 Å². The minimum atomic E-state index is -0.893. The molecular formula is C9H7Cl2N3O4S. The molecule has 0 saturated heterocycles. The number of hydrogen-bond donors (Lipinski definition) is 1. The van der Waals surface area contributed by atoms with E-state index in [1.54, 1.807) is 0 Å². The van der Waals surface area contributed by atoms with E-state index in [1.165, 1.54) is 0 Å². The highest BCUT2D eigenvalue weighted by Gasteiger charge is 2.17. The predicted octanol–water partition coefficient (Wildman–Crippen LogP) is 1.59. The summed E-state index contributed by atoms with van der Waals surface area (Å²) in [6, 6.07) is 0. The number of oxime groups is 1. The van der Waals surface area contributed by atoms with Gasteiger partial charge in [-0.1, -0.05) is 28.1 Å². The number of nitrogens with zero attached hydrogens (tertiary/aromatic N) is 2. The molecule has 102 valence electrons. The summed E-state index contributed by atoms with van der Waals surface area (Å²) in [5.41, 5.74) is 0.0673. The van der Waals surface area contributed by atoms with E-state index < -0.39 is 11.2 Å². The molecule has 0 aliphatic carbocycles. The van der Waals surface area contributed by atoms with Gasteiger partial charge >= 0.3 is 5.97 Å². The predicted molar refractivity (Wildman–Crippen MR) is 70.6 cm³/mol. The first kappa shape index (κ1) is 15.5. The molecule has 0 aromatic carbocycles. The first-order chi connectivity index (χ1) is 8.93. The van der Waals surface area contributed by atoms with Crippen LogP contribution in [0.25, 0.3) is 0 Å². The maximum absolute atomic E-state index is 11.1. The summed E-state index contributed by atoms with van der Waals surface area (Å²) < 4.78 is 0.262. The Morgan fingerprint density at radius 2 is 2.26 bits per heavy atom. The first-order valence-corrected chi connectivity index (χ1v) is 6.31. The first-order valence-electron chi connectivity index (χ1n) is 4.73. The van der Waals surface area contributed by atoms with Crippen LogP contribution >= 0.6 is 34.5 Å². The Labute approximate surface area is 121 Å². The molecule has 0 fully saturated rings. The fourth-order valence-electron chi connectivity index (χ4n) is 0.970. The van der Waals surface area contributed by atoms with E-state index in [0.717, 1.165) is 18.3 Å². The molecule has 10 heteroatoms. The monoisotopic (exact) mass is 323 g/mol. The number of amides is 1. The lowest BCUT2D eigenvalue weighted by atomic mass is 10.2. The molecule has 0 bridgehead atoms. The lowest BCUT2D eigenvalue weighted by Crippen LogP contribution is -2.13. The van der Waals surface area contributed by atoms with Gasteiger partial charge in [0.15, 0.2) is 5.13 Å². The van der Waals surface area contributed by atoms with Crippen molar-refractivity contribution in [1.29, 1.82) is 0 Å². The van der Waals surface area contributed by atoms with E-state index >= 15 is 0 Å². The highest BCUT2D eigenvalue weighted by Crippen LogP contribution is 2.28. The van der Waals surface area contributed by atoms with Gasteiger partial charge in [0, 0.05) is 13.3 Å². The van der Waals surface area contributed by atoms with Crippen LogP contribution in [0.1, 0.15) is 12.6 Å². The van der Waals surface area contributed by atoms with E-state index in [-0.39, 0.29) is 27.3 Å². The Morgan fingerprint density at radius 3 is 2.79 bits per heavy atom. The van der Waals surface area contributed by atoms with Gasteiger partial charge < -0.3 is 10.2 Å². The quantitative estimate of drug-likeness (QED) is 0.282. The highest BCUT2D eigenvalue weighted by molar-refractivity contribution is 7.19. The molecule has 1 N–H and O–H groups in total. The molecule has 1 rings (SSSR count). The molecule has 0 unspecified atom stereocenters. The molecule has 0 aliphatic rings. The van der Waals surface area contributed by atoms with Gasteiger partial charge in [-0.25, -0.2) is 9.78 Å². The fourth-order valence-corrected chi connectivity index (χ4v) is 2.07. The van der Waals surface area contributed by atoms with E-state index in [4.69, 9.17) is 23.2 Å². The Balaban J connectivity index is 2.90. The molecule has 0 atom stereocenters. The second kappa shape index (κ2) is 7.17. The smallest absolute Gasteiger partial charge is 0.318 e. The molecule has 1 heterocycles. The molecule has 0 aliphatic heterocycles. The second-order valence-electron chi connectivity index (χ2n) is 3.07. The maximum Gasteiger partial charge on any atom is 0.331 e. The third-order valence-corrected chi connectivity index (χ3v) is 3.16. The van der Waals surface area contributed by atoms with Gasteiger partial charge in [0.05, 0.1) is 5.69 Å². The lowest BCUT2D eigenvalue weighted by molar-refractivity contribution is -0.140. The Hall–Kier alpha value is -1.51. The van der Waals surface area contributed by atoms with Crippen molar-refractivity contribution in [2.75, 3.05) is 5.32 Å². The molecule has 0 radical (unpaired) electrons. The average molecular weight is 324 g/mol. The van der Waals surface area contributed by atoms with Gasteiger partial charge in [0.2, 0.25) is 6.41 Å². The van der Waals surface area contributed by atoms with Crippen molar-refractivity contribution >= 4 is 63.0 Å². The molecular weight excluding hydrogens is 317 g/mol. The van der Waals surface area contributed by atoms with Crippen molar-refractivity contribution in [3.63, 3.8) is 0 Å². The van der Waals surface area contributed by atoms with Crippen molar-refractivity contribution < 1.29 is 19.2 Å². The standard InChI is InChI=1S/C9H7Cl2N3O4S/c1-4(16)18-14-5(7(10)17)2-6-8(11)19-9(13-6)12-3-15/h3H,2H2,1H3,(H,12,13,15)/b14-5-. The average Bonchev–Trinajstić information content (AvgIpc) is 2.64. The SMILES string of the molecule is CC(=O)O/N=C(/Cc1nc(NC=O)sc1Cl)C(=O)Cl. The minimum absolute atomic E-state index is 0.120. The third-order valence-electron chi connectivity index (χ3n) is 1.68. The van der Waals surface area contributed by atoms with Crippen molar-refractivity contribution in [3.8, 4) is 0 Å². The summed E-state index contributed by atoms with van der Waals surface area (Å²) in [7, 11) is 0. The van der Waals surface area contributed by atoms with Crippen molar-refractivity contribution in [2.45, 2.75) is 13.3 Å². The Kier molecular flexibility index (Phi) is 5.87. The van der Waals surface area contributed by atoms with Crippen molar-refractivity contribution in [2.24, 2.45) is 5.16 Å². The third kappa shape index (κ3) is 4.93. The van der Waals surface area contributed by atoms with E-state index in [2.05, 4.69) is 20.3 Å². The van der Waals surface area contributed by atoms with Crippen LogP contribution < -0.4 is 5.32 Å². The number of anilines is 1. The van der Waals surface area contributed by atoms with Gasteiger partial charge in [-0.15, -0.1) is 0 Å². The van der Waals surface area contributed by atoms with Crippen molar-refractivity contribution in [1.82, 2.24) is 4.98 Å². The van der Waals surface area contributed by atoms with Gasteiger partial charge in [-0.05, 0) is 11.6 Å². The van der Waals surface area contributed by atoms with Crippen LogP contribution in [0.15, 0.2) is 5.16 Å². The van der Waals surface area contributed by atoms with Gasteiger partial charge in [-0.2, -0.15) is 0 Å². The summed E-state index contributed by atoms with van der Waals surface area (Å²) in [5, 5.41) is 5.01. The molecule has 1 aromatic rings. The zero-order chi connectivity index (χ0) is 14.4. The van der Waals surface area contributed by atoms with E-state index in [1.807, 2.05) is 0 Å².